The van der Waals surface area contributed by atoms with Crippen LogP contribution in [0.2, 0.25) is 0 Å². The number of fused-ring (bicyclic) bond motifs is 6. The van der Waals surface area contributed by atoms with Crippen LogP contribution in [-0.4, -0.2) is 44.9 Å². The zero-order valence-corrected chi connectivity index (χ0v) is 54.5. The molecule has 7 heterocycles. The minimum absolute atomic E-state index is 0. The van der Waals surface area contributed by atoms with Crippen LogP contribution < -0.4 is 0 Å². The predicted octanol–water partition coefficient (Wildman–Crippen LogP) is 21.9. The Morgan fingerprint density at radius 2 is 0.506 bits per heavy atom. The molecule has 0 fully saturated rings. The molecular weight excluding hydrogens is 1040 g/mol. The van der Waals surface area contributed by atoms with E-state index in [-0.39, 0.29) is 7.43 Å². The third-order valence-corrected chi connectivity index (χ3v) is 9.31. The highest BCUT2D eigenvalue weighted by atomic mass is 14.8. The van der Waals surface area contributed by atoms with Crippen molar-refractivity contribution in [3.8, 4) is 0 Å². The molecule has 0 saturated carbocycles. The fourth-order valence-corrected chi connectivity index (χ4v) is 6.30. The van der Waals surface area contributed by atoms with Crippen molar-refractivity contribution in [2.24, 2.45) is 35.5 Å². The number of rotatable bonds is 0. The third kappa shape index (κ3) is 41.7. The summed E-state index contributed by atoms with van der Waals surface area (Å²) >= 11 is 0. The Labute approximate surface area is 515 Å². The number of nitrogens with zero attached hydrogens (tertiary/aromatic N) is 9. The van der Waals surface area contributed by atoms with Crippen molar-refractivity contribution in [2.45, 2.75) is 158 Å². The summed E-state index contributed by atoms with van der Waals surface area (Å²) in [5.74, 6) is 5.00. The lowest BCUT2D eigenvalue weighted by Crippen LogP contribution is -2.04. The second-order valence-electron chi connectivity index (χ2n) is 23.8. The fourth-order valence-electron chi connectivity index (χ4n) is 6.30. The van der Waals surface area contributed by atoms with Gasteiger partial charge in [0.05, 0.1) is 33.1 Å². The summed E-state index contributed by atoms with van der Waals surface area (Å²) in [6, 6.07) is 51.8. The number of aryl methyl sites for hydroxylation is 2. The minimum atomic E-state index is 0. The summed E-state index contributed by atoms with van der Waals surface area (Å²) in [4.78, 5) is 36.9. The van der Waals surface area contributed by atoms with Crippen LogP contribution in [0.25, 0.3) is 54.6 Å². The van der Waals surface area contributed by atoms with Crippen molar-refractivity contribution in [1.29, 1.82) is 0 Å². The highest BCUT2D eigenvalue weighted by Crippen LogP contribution is 2.17. The number of aromatic nitrogens is 9. The summed E-state index contributed by atoms with van der Waals surface area (Å²) in [5.41, 5.74) is 8.70. The van der Waals surface area contributed by atoms with Crippen LogP contribution in [0.15, 0.2) is 214 Å². The maximum absolute atomic E-state index is 4.21. The molecule has 4 aromatic carbocycles. The lowest BCUT2D eigenvalue weighted by molar-refractivity contribution is 0.662. The zero-order valence-electron chi connectivity index (χ0n) is 54.5. The Kier molecular flexibility index (Phi) is 44.0. The molecule has 9 nitrogen and oxygen atoms in total. The second-order valence-corrected chi connectivity index (χ2v) is 23.8. The summed E-state index contributed by atoms with van der Waals surface area (Å²) < 4.78 is 0. The van der Waals surface area contributed by atoms with E-state index in [1.807, 2.05) is 152 Å². The van der Waals surface area contributed by atoms with E-state index in [2.05, 4.69) is 206 Å². The first-order chi connectivity index (χ1) is 40.2. The molecule has 0 amide bonds. The molecule has 9 heteroatoms. The predicted molar refractivity (Wildman–Crippen MR) is 373 cm³/mol. The maximum atomic E-state index is 4.21. The lowest BCUT2D eigenvalue weighted by Gasteiger charge is -2.11. The number of pyridine rings is 5. The van der Waals surface area contributed by atoms with Crippen molar-refractivity contribution in [3.63, 3.8) is 0 Å². The number of hydrogen-bond donors (Lipinski definition) is 0. The lowest BCUT2D eigenvalue weighted by atomic mass is 9.98. The van der Waals surface area contributed by atoms with E-state index in [0.29, 0.717) is 0 Å². The molecule has 7 aromatic heterocycles. The van der Waals surface area contributed by atoms with Gasteiger partial charge in [0.15, 0.2) is 0 Å². The van der Waals surface area contributed by atoms with Crippen LogP contribution >= 0.6 is 0 Å². The van der Waals surface area contributed by atoms with Gasteiger partial charge < -0.3 is 0 Å². The normalized spacial score (nSPS) is 10.4. The molecular formula is C76H107N9. The van der Waals surface area contributed by atoms with Crippen LogP contribution in [0.1, 0.15) is 156 Å². The maximum Gasteiger partial charge on any atom is 0.116 e. The monoisotopic (exact) mass is 1150 g/mol. The van der Waals surface area contributed by atoms with E-state index in [1.165, 1.54) is 46.7 Å². The third-order valence-electron chi connectivity index (χ3n) is 9.31. The molecule has 0 aliphatic heterocycles. The van der Waals surface area contributed by atoms with E-state index in [4.69, 9.17) is 0 Å². The van der Waals surface area contributed by atoms with Crippen molar-refractivity contribution in [3.05, 3.63) is 225 Å². The van der Waals surface area contributed by atoms with E-state index >= 15 is 0 Å². The van der Waals surface area contributed by atoms with E-state index in [9.17, 15) is 0 Å². The van der Waals surface area contributed by atoms with Crippen LogP contribution in [0.5, 0.6) is 0 Å². The van der Waals surface area contributed by atoms with E-state index in [1.54, 1.807) is 25.0 Å². The first-order valence-corrected chi connectivity index (χ1v) is 30.2. The molecule has 456 valence electrons. The molecule has 11 aromatic rings. The van der Waals surface area contributed by atoms with Gasteiger partial charge >= 0.3 is 0 Å². The summed E-state index contributed by atoms with van der Waals surface area (Å²) in [5, 5.41) is 4.69. The molecule has 0 spiro atoms. The van der Waals surface area contributed by atoms with Crippen LogP contribution in [-0.2, 0) is 12.8 Å². The standard InChI is InChI=1S/3C9H7N.C8H6N2.C8H10N2.C8H6N2.6C4H10.CH4/c3*1-2-6-9-8(4-1)5-3-7-10-9;1-3-7-8(9-5-1)4-2-6-10-7;2*1-2-4-8-7(3-1)5-9-6-10-8;6*1-4(2)3;/h3*1-7H;1-6H;5-6H,1-4H2;1-6H;6*4H,1-3H3;1H4. The van der Waals surface area contributed by atoms with Crippen LogP contribution in [0, 0.1) is 35.5 Å². The molecule has 0 bridgehead atoms. The number of benzene rings is 4. The van der Waals surface area contributed by atoms with Gasteiger partial charge in [-0.15, -0.1) is 0 Å². The summed E-state index contributed by atoms with van der Waals surface area (Å²) in [6.45, 7) is 39.0. The van der Waals surface area contributed by atoms with Crippen LogP contribution in [0.4, 0.5) is 0 Å². The zero-order chi connectivity index (χ0) is 62.3. The van der Waals surface area contributed by atoms with Gasteiger partial charge in [0, 0.05) is 70.6 Å². The van der Waals surface area contributed by atoms with Crippen LogP contribution in [0.3, 0.4) is 0 Å². The average molecular weight is 1150 g/mol. The molecule has 1 aliphatic carbocycles. The Balaban J connectivity index is 0.000000926. The highest BCUT2D eigenvalue weighted by Gasteiger charge is 2.08. The van der Waals surface area contributed by atoms with Gasteiger partial charge in [-0.1, -0.05) is 223 Å². The van der Waals surface area contributed by atoms with Gasteiger partial charge in [-0.05, 0) is 133 Å². The topological polar surface area (TPSA) is 116 Å². The average Bonchev–Trinajstić information content (AvgIpc) is 3.51. The number of para-hydroxylation sites is 4. The van der Waals surface area contributed by atoms with Crippen molar-refractivity contribution >= 4 is 54.6 Å². The highest BCUT2D eigenvalue weighted by molar-refractivity contribution is 5.79. The van der Waals surface area contributed by atoms with Crippen molar-refractivity contribution in [1.82, 2.24) is 44.9 Å². The molecule has 0 unspecified atom stereocenters. The van der Waals surface area contributed by atoms with Gasteiger partial charge in [0.2, 0.25) is 0 Å². The molecule has 1 aliphatic rings. The fraction of sp³-hybridized carbons (Fsp3) is 0.382. The van der Waals surface area contributed by atoms with Gasteiger partial charge in [-0.2, -0.15) is 0 Å². The van der Waals surface area contributed by atoms with E-state index in [0.717, 1.165) is 80.4 Å². The second kappa shape index (κ2) is 48.5. The smallest absolute Gasteiger partial charge is 0.116 e. The Morgan fingerprint density at radius 1 is 0.259 bits per heavy atom. The Hall–Kier alpha value is -7.91. The molecule has 0 saturated heterocycles. The van der Waals surface area contributed by atoms with Crippen molar-refractivity contribution < 1.29 is 0 Å². The summed E-state index contributed by atoms with van der Waals surface area (Å²) in [7, 11) is 0. The molecule has 85 heavy (non-hydrogen) atoms. The van der Waals surface area contributed by atoms with Gasteiger partial charge in [-0.3, -0.25) is 24.9 Å². The SMILES string of the molecule is C.CC(C)C.CC(C)C.CC(C)C.CC(C)C.CC(C)C.CC(C)C.c1ccc2ncccc2c1.c1ccc2ncccc2c1.c1ccc2ncccc2c1.c1ccc2ncncc2c1.c1cnc2cccnc2c1.c1ncc2c(n1)CCCC2. The quantitative estimate of drug-likeness (QED) is 0.146. The minimum Gasteiger partial charge on any atom is -0.256 e. The summed E-state index contributed by atoms with van der Waals surface area (Å²) in [6.07, 6.45) is 20.8. The first-order valence-electron chi connectivity index (χ1n) is 30.2. The van der Waals surface area contributed by atoms with E-state index < -0.39 is 0 Å². The molecule has 0 N–H and O–H groups in total. The Bertz CT molecular complexity index is 2490. The largest absolute Gasteiger partial charge is 0.256 e. The molecule has 0 atom stereocenters. The Morgan fingerprint density at radius 3 is 0.835 bits per heavy atom. The molecule has 0 radical (unpaired) electrons. The van der Waals surface area contributed by atoms with Crippen molar-refractivity contribution in [2.75, 3.05) is 0 Å². The van der Waals surface area contributed by atoms with Gasteiger partial charge in [-0.25, -0.2) is 19.9 Å². The first kappa shape index (κ1) is 77.1. The van der Waals surface area contributed by atoms with Gasteiger partial charge in [0.1, 0.15) is 12.7 Å². The van der Waals surface area contributed by atoms with Gasteiger partial charge in [0.25, 0.3) is 0 Å². The number of hydrogen-bond acceptors (Lipinski definition) is 9. The molecule has 12 rings (SSSR count).